The van der Waals surface area contributed by atoms with Crippen LogP contribution in [0.1, 0.15) is 46.1 Å². The van der Waals surface area contributed by atoms with Crippen molar-refractivity contribution in [2.75, 3.05) is 19.7 Å². The van der Waals surface area contributed by atoms with Gasteiger partial charge in [-0.15, -0.1) is 12.4 Å². The van der Waals surface area contributed by atoms with Crippen LogP contribution in [0, 0.1) is 5.92 Å². The second-order valence-electron chi connectivity index (χ2n) is 7.35. The van der Waals surface area contributed by atoms with E-state index in [4.69, 9.17) is 4.74 Å². The van der Waals surface area contributed by atoms with Gasteiger partial charge in [0.05, 0.1) is 12.0 Å². The van der Waals surface area contributed by atoms with Crippen LogP contribution in [0.4, 0.5) is 0 Å². The van der Waals surface area contributed by atoms with E-state index in [1.807, 2.05) is 38.1 Å². The van der Waals surface area contributed by atoms with Crippen LogP contribution in [-0.2, 0) is 10.2 Å². The fourth-order valence-electron chi connectivity index (χ4n) is 2.69. The number of nitrogens with one attached hydrogen (secondary N) is 2. The van der Waals surface area contributed by atoms with E-state index in [0.717, 1.165) is 37.2 Å². The Morgan fingerprint density at radius 1 is 1.25 bits per heavy atom. The van der Waals surface area contributed by atoms with Gasteiger partial charge in [0.1, 0.15) is 5.75 Å². The first-order chi connectivity index (χ1) is 10.9. The number of ether oxygens (including phenoxy) is 1. The molecule has 1 aromatic carbocycles. The molecule has 24 heavy (non-hydrogen) atoms. The highest BCUT2D eigenvalue weighted by molar-refractivity contribution is 5.87. The number of benzene rings is 1. The fraction of sp³-hybridized carbons (Fsp3) is 0.632. The molecule has 0 aliphatic carbocycles. The summed E-state index contributed by atoms with van der Waals surface area (Å²) in [7, 11) is 0. The van der Waals surface area contributed by atoms with Crippen LogP contribution in [0.5, 0.6) is 5.75 Å². The number of hydrogen-bond acceptors (Lipinski definition) is 3. The molecular weight excluding hydrogens is 324 g/mol. The third-order valence-corrected chi connectivity index (χ3v) is 4.40. The van der Waals surface area contributed by atoms with Crippen LogP contribution < -0.4 is 15.4 Å². The maximum absolute atomic E-state index is 12.7. The molecule has 5 heteroatoms. The lowest BCUT2D eigenvalue weighted by Crippen LogP contribution is -2.48. The minimum absolute atomic E-state index is 0. The number of hydrogen-bond donors (Lipinski definition) is 2. The molecular formula is C19H31ClN2O2. The van der Waals surface area contributed by atoms with Crippen LogP contribution in [-0.4, -0.2) is 31.6 Å². The summed E-state index contributed by atoms with van der Waals surface area (Å²) < 4.78 is 5.71. The highest BCUT2D eigenvalue weighted by Crippen LogP contribution is 2.26. The average Bonchev–Trinajstić information content (AvgIpc) is 2.54. The quantitative estimate of drug-likeness (QED) is 0.824. The lowest BCUT2D eigenvalue weighted by molar-refractivity contribution is -0.126. The third kappa shape index (κ3) is 5.67. The van der Waals surface area contributed by atoms with Gasteiger partial charge in [0.15, 0.2) is 0 Å². The van der Waals surface area contributed by atoms with Crippen molar-refractivity contribution in [1.82, 2.24) is 10.6 Å². The maximum atomic E-state index is 12.7. The van der Waals surface area contributed by atoms with E-state index in [1.54, 1.807) is 0 Å². The van der Waals surface area contributed by atoms with E-state index >= 15 is 0 Å². The first-order valence-electron chi connectivity index (χ1n) is 8.64. The fourth-order valence-corrected chi connectivity index (χ4v) is 2.69. The van der Waals surface area contributed by atoms with Gasteiger partial charge >= 0.3 is 0 Å². The summed E-state index contributed by atoms with van der Waals surface area (Å²) in [4.78, 5) is 12.7. The third-order valence-electron chi connectivity index (χ3n) is 4.40. The molecule has 2 N–H and O–H groups in total. The molecule has 1 aromatic rings. The highest BCUT2D eigenvalue weighted by Gasteiger charge is 2.31. The van der Waals surface area contributed by atoms with Crippen molar-refractivity contribution in [2.45, 2.75) is 52.0 Å². The van der Waals surface area contributed by atoms with Crippen LogP contribution >= 0.6 is 12.4 Å². The summed E-state index contributed by atoms with van der Waals surface area (Å²) >= 11 is 0. The molecule has 1 fully saturated rings. The average molecular weight is 355 g/mol. The van der Waals surface area contributed by atoms with E-state index in [2.05, 4.69) is 24.5 Å². The Labute approximate surface area is 152 Å². The normalized spacial score (nSPS) is 15.7. The van der Waals surface area contributed by atoms with E-state index in [9.17, 15) is 4.79 Å². The second-order valence-corrected chi connectivity index (χ2v) is 7.35. The van der Waals surface area contributed by atoms with Crippen molar-refractivity contribution in [3.8, 4) is 5.75 Å². The summed E-state index contributed by atoms with van der Waals surface area (Å²) in [6.07, 6.45) is 2.01. The predicted molar refractivity (Wildman–Crippen MR) is 101 cm³/mol. The Morgan fingerprint density at radius 2 is 1.83 bits per heavy atom. The first kappa shape index (κ1) is 20.8. The van der Waals surface area contributed by atoms with Crippen LogP contribution in [0.25, 0.3) is 0 Å². The van der Waals surface area contributed by atoms with Gasteiger partial charge in [-0.2, -0.15) is 0 Å². The van der Waals surface area contributed by atoms with Crippen LogP contribution in [0.3, 0.4) is 0 Å². The molecule has 0 spiro atoms. The summed E-state index contributed by atoms with van der Waals surface area (Å²) in [6, 6.07) is 8.20. The molecule has 1 aliphatic rings. The number of piperidine rings is 1. The van der Waals surface area contributed by atoms with Crippen molar-refractivity contribution >= 4 is 18.3 Å². The number of carbonyl (C=O) groups is 1. The largest absolute Gasteiger partial charge is 0.493 e. The Hall–Kier alpha value is -1.26. The molecule has 1 saturated heterocycles. The Balaban J connectivity index is 0.00000288. The zero-order chi connectivity index (χ0) is 16.9. The number of amides is 1. The Kier molecular flexibility index (Phi) is 8.04. The van der Waals surface area contributed by atoms with Gasteiger partial charge in [-0.3, -0.25) is 4.79 Å². The lowest BCUT2D eigenvalue weighted by atomic mass is 9.83. The Bertz CT molecular complexity index is 509. The first-order valence-corrected chi connectivity index (χ1v) is 8.64. The topological polar surface area (TPSA) is 50.4 Å². The Morgan fingerprint density at radius 3 is 2.38 bits per heavy atom. The van der Waals surface area contributed by atoms with Gasteiger partial charge in [0, 0.05) is 6.04 Å². The molecule has 2 rings (SSSR count). The lowest BCUT2D eigenvalue weighted by Gasteiger charge is -2.30. The van der Waals surface area contributed by atoms with E-state index in [1.165, 1.54) is 0 Å². The SMILES string of the molecule is CC(C)COc1ccc(C(C)(C)C(=O)NC2CCNCC2)cc1.Cl. The van der Waals surface area contributed by atoms with Crippen molar-refractivity contribution in [1.29, 1.82) is 0 Å². The number of halogens is 1. The zero-order valence-electron chi connectivity index (χ0n) is 15.2. The molecule has 1 heterocycles. The van der Waals surface area contributed by atoms with Gasteiger partial charge < -0.3 is 15.4 Å². The summed E-state index contributed by atoms with van der Waals surface area (Å²) in [5.74, 6) is 1.46. The van der Waals surface area contributed by atoms with E-state index < -0.39 is 5.41 Å². The summed E-state index contributed by atoms with van der Waals surface area (Å²) in [6.45, 7) is 10.9. The smallest absolute Gasteiger partial charge is 0.230 e. The predicted octanol–water partition coefficient (Wildman–Crippen LogP) is 3.29. The van der Waals surface area contributed by atoms with Gasteiger partial charge in [-0.25, -0.2) is 0 Å². The molecule has 4 nitrogen and oxygen atoms in total. The monoisotopic (exact) mass is 354 g/mol. The minimum Gasteiger partial charge on any atom is -0.493 e. The van der Waals surface area contributed by atoms with Crippen LogP contribution in [0.2, 0.25) is 0 Å². The van der Waals surface area contributed by atoms with Gasteiger partial charge in [-0.05, 0) is 63.4 Å². The standard InChI is InChI=1S/C19H30N2O2.ClH/c1-14(2)13-23-17-7-5-15(6-8-17)19(3,4)18(22)21-16-9-11-20-12-10-16;/h5-8,14,16,20H,9-13H2,1-4H3,(H,21,22);1H. The van der Waals surface area contributed by atoms with Gasteiger partial charge in [0.2, 0.25) is 5.91 Å². The molecule has 1 amide bonds. The molecule has 0 saturated carbocycles. The van der Waals surface area contributed by atoms with E-state index in [-0.39, 0.29) is 24.4 Å². The highest BCUT2D eigenvalue weighted by atomic mass is 35.5. The second kappa shape index (κ2) is 9.28. The molecule has 0 aromatic heterocycles. The van der Waals surface area contributed by atoms with Crippen LogP contribution in [0.15, 0.2) is 24.3 Å². The summed E-state index contributed by atoms with van der Waals surface area (Å²) in [5, 5.41) is 6.52. The van der Waals surface area contributed by atoms with Gasteiger partial charge in [0.25, 0.3) is 0 Å². The van der Waals surface area contributed by atoms with Crippen molar-refractivity contribution in [3.63, 3.8) is 0 Å². The summed E-state index contributed by atoms with van der Waals surface area (Å²) in [5.41, 5.74) is 0.474. The maximum Gasteiger partial charge on any atom is 0.230 e. The van der Waals surface area contributed by atoms with E-state index in [0.29, 0.717) is 12.5 Å². The molecule has 136 valence electrons. The number of rotatable bonds is 6. The molecule has 0 atom stereocenters. The van der Waals surface area contributed by atoms with Crippen molar-refractivity contribution in [2.24, 2.45) is 5.92 Å². The molecule has 0 radical (unpaired) electrons. The molecule has 1 aliphatic heterocycles. The van der Waals surface area contributed by atoms with Gasteiger partial charge in [-0.1, -0.05) is 26.0 Å². The zero-order valence-corrected chi connectivity index (χ0v) is 16.0. The number of carbonyl (C=O) groups excluding carboxylic acids is 1. The molecule has 0 bridgehead atoms. The molecule has 0 unspecified atom stereocenters. The van der Waals surface area contributed by atoms with Crippen molar-refractivity contribution in [3.05, 3.63) is 29.8 Å². The minimum atomic E-state index is -0.540. The van der Waals surface area contributed by atoms with Crippen molar-refractivity contribution < 1.29 is 9.53 Å².